The Labute approximate surface area is 130 Å². The van der Waals surface area contributed by atoms with E-state index in [1.807, 2.05) is 18.2 Å². The summed E-state index contributed by atoms with van der Waals surface area (Å²) in [5.74, 6) is 0.420. The molecule has 120 valence electrons. The normalized spacial score (nSPS) is 15.2. The van der Waals surface area contributed by atoms with E-state index in [-0.39, 0.29) is 12.0 Å². The third-order valence-corrected chi connectivity index (χ3v) is 3.39. The Hall–Kier alpha value is -2.24. The number of rotatable bonds is 6. The summed E-state index contributed by atoms with van der Waals surface area (Å²) >= 11 is 0. The summed E-state index contributed by atoms with van der Waals surface area (Å²) in [6.45, 7) is 5.37. The number of amides is 2. The van der Waals surface area contributed by atoms with Crippen LogP contribution in [0.1, 0.15) is 20.3 Å². The van der Waals surface area contributed by atoms with E-state index in [1.165, 1.54) is 0 Å². The molecule has 0 aliphatic carbocycles. The fraction of sp³-hybridized carbons (Fsp3) is 0.500. The highest BCUT2D eigenvalue weighted by atomic mass is 16.6. The lowest BCUT2D eigenvalue weighted by molar-refractivity contribution is -0.134. The Bertz CT molecular complexity index is 516. The molecule has 0 spiro atoms. The van der Waals surface area contributed by atoms with Gasteiger partial charge in [-0.2, -0.15) is 0 Å². The van der Waals surface area contributed by atoms with Crippen molar-refractivity contribution in [2.24, 2.45) is 0 Å². The smallest absolute Gasteiger partial charge is 0.409 e. The Morgan fingerprint density at radius 3 is 2.77 bits per heavy atom. The summed E-state index contributed by atoms with van der Waals surface area (Å²) in [4.78, 5) is 25.3. The number of nitrogens with zero attached hydrogens (tertiary/aromatic N) is 1. The molecule has 1 aromatic carbocycles. The number of nitrogens with one attached hydrogen (secondary N) is 1. The number of hydrogen-bond donors (Lipinski definition) is 1. The molecule has 0 radical (unpaired) electrons. The van der Waals surface area contributed by atoms with Gasteiger partial charge >= 0.3 is 6.09 Å². The molecule has 0 aromatic heterocycles. The van der Waals surface area contributed by atoms with Gasteiger partial charge in [0.25, 0.3) is 5.91 Å². The van der Waals surface area contributed by atoms with E-state index in [2.05, 4.69) is 5.32 Å². The van der Waals surface area contributed by atoms with Gasteiger partial charge in [-0.25, -0.2) is 4.79 Å². The number of ether oxygens (including phenoxy) is 2. The van der Waals surface area contributed by atoms with E-state index >= 15 is 0 Å². The van der Waals surface area contributed by atoms with E-state index in [9.17, 15) is 9.59 Å². The van der Waals surface area contributed by atoms with Crippen molar-refractivity contribution >= 4 is 12.0 Å². The zero-order valence-electron chi connectivity index (χ0n) is 13.0. The molecule has 1 fully saturated rings. The van der Waals surface area contributed by atoms with Crippen molar-refractivity contribution in [2.75, 3.05) is 26.2 Å². The van der Waals surface area contributed by atoms with Crippen molar-refractivity contribution in [1.82, 2.24) is 10.2 Å². The summed E-state index contributed by atoms with van der Waals surface area (Å²) in [6.07, 6.45) is 0.503. The highest BCUT2D eigenvalue weighted by molar-refractivity contribution is 5.84. The van der Waals surface area contributed by atoms with Gasteiger partial charge in [-0.3, -0.25) is 4.79 Å². The van der Waals surface area contributed by atoms with Gasteiger partial charge in [0.15, 0.2) is 5.60 Å². The van der Waals surface area contributed by atoms with Crippen molar-refractivity contribution in [1.29, 1.82) is 0 Å². The van der Waals surface area contributed by atoms with E-state index in [4.69, 9.17) is 9.47 Å². The predicted molar refractivity (Wildman–Crippen MR) is 81.7 cm³/mol. The molecule has 1 aromatic rings. The van der Waals surface area contributed by atoms with E-state index in [0.717, 1.165) is 6.42 Å². The van der Waals surface area contributed by atoms with Crippen molar-refractivity contribution < 1.29 is 19.1 Å². The van der Waals surface area contributed by atoms with Crippen LogP contribution in [0, 0.1) is 0 Å². The van der Waals surface area contributed by atoms with Crippen LogP contribution in [0.5, 0.6) is 5.75 Å². The van der Waals surface area contributed by atoms with Crippen LogP contribution < -0.4 is 10.1 Å². The summed E-state index contributed by atoms with van der Waals surface area (Å²) in [5, 5.41) is 2.80. The second-order valence-corrected chi connectivity index (χ2v) is 5.64. The van der Waals surface area contributed by atoms with Crippen LogP contribution >= 0.6 is 0 Å². The molecule has 0 saturated carbocycles. The van der Waals surface area contributed by atoms with Crippen LogP contribution in [0.2, 0.25) is 0 Å². The Morgan fingerprint density at radius 2 is 2.09 bits per heavy atom. The Kier molecular flexibility index (Phi) is 5.25. The van der Waals surface area contributed by atoms with Crippen molar-refractivity contribution in [3.8, 4) is 5.75 Å². The monoisotopic (exact) mass is 306 g/mol. The standard InChI is InChI=1S/C16H22N2O4/c1-16(2,22-13-7-4-3-5-8-13)14(19)17-9-11-18-10-6-12-21-15(18)20/h3-5,7-8H,6,9-12H2,1-2H3,(H,17,19). The predicted octanol–water partition coefficient (Wildman–Crippen LogP) is 1.80. The van der Waals surface area contributed by atoms with Gasteiger partial charge in [-0.1, -0.05) is 18.2 Å². The van der Waals surface area contributed by atoms with Crippen molar-refractivity contribution in [2.45, 2.75) is 25.9 Å². The second-order valence-electron chi connectivity index (χ2n) is 5.64. The third kappa shape index (κ3) is 4.38. The fourth-order valence-electron chi connectivity index (χ4n) is 2.15. The molecular formula is C16H22N2O4. The third-order valence-electron chi connectivity index (χ3n) is 3.39. The molecular weight excluding hydrogens is 284 g/mol. The second kappa shape index (κ2) is 7.15. The molecule has 0 atom stereocenters. The summed E-state index contributed by atoms with van der Waals surface area (Å²) in [7, 11) is 0. The van der Waals surface area contributed by atoms with Gasteiger partial charge < -0.3 is 19.7 Å². The summed E-state index contributed by atoms with van der Waals surface area (Å²) in [5.41, 5.74) is -0.982. The minimum absolute atomic E-state index is 0.221. The highest BCUT2D eigenvalue weighted by Crippen LogP contribution is 2.17. The minimum atomic E-state index is -0.982. The number of benzene rings is 1. The molecule has 6 nitrogen and oxygen atoms in total. The van der Waals surface area contributed by atoms with Crippen LogP contribution in [0.4, 0.5) is 4.79 Å². The van der Waals surface area contributed by atoms with E-state index in [1.54, 1.807) is 30.9 Å². The quantitative estimate of drug-likeness (QED) is 0.870. The SMILES string of the molecule is CC(C)(Oc1ccccc1)C(=O)NCCN1CCCOC1=O. The molecule has 1 aliphatic heterocycles. The molecule has 2 amide bonds. The maximum atomic E-state index is 12.2. The van der Waals surface area contributed by atoms with Gasteiger partial charge in [-0.05, 0) is 32.4 Å². The molecule has 22 heavy (non-hydrogen) atoms. The van der Waals surface area contributed by atoms with Gasteiger partial charge in [0, 0.05) is 19.6 Å². The lowest BCUT2D eigenvalue weighted by atomic mass is 10.1. The summed E-state index contributed by atoms with van der Waals surface area (Å²) < 4.78 is 10.7. The van der Waals surface area contributed by atoms with Gasteiger partial charge in [0.1, 0.15) is 5.75 Å². The van der Waals surface area contributed by atoms with Gasteiger partial charge in [0.2, 0.25) is 0 Å². The average molecular weight is 306 g/mol. The molecule has 1 saturated heterocycles. The number of carbonyl (C=O) groups is 2. The first-order valence-electron chi connectivity index (χ1n) is 7.43. The Balaban J connectivity index is 1.79. The number of hydrogen-bond acceptors (Lipinski definition) is 4. The molecule has 1 heterocycles. The number of para-hydroxylation sites is 1. The van der Waals surface area contributed by atoms with E-state index < -0.39 is 5.60 Å². The first kappa shape index (κ1) is 16.1. The fourth-order valence-corrected chi connectivity index (χ4v) is 2.15. The average Bonchev–Trinajstić information content (AvgIpc) is 2.49. The maximum absolute atomic E-state index is 12.2. The van der Waals surface area contributed by atoms with Gasteiger partial charge in [0.05, 0.1) is 6.61 Å². The van der Waals surface area contributed by atoms with E-state index in [0.29, 0.717) is 32.0 Å². The lowest BCUT2D eigenvalue weighted by Gasteiger charge is -2.28. The van der Waals surface area contributed by atoms with Crippen LogP contribution in [0.3, 0.4) is 0 Å². The van der Waals surface area contributed by atoms with Crippen molar-refractivity contribution in [3.05, 3.63) is 30.3 Å². The van der Waals surface area contributed by atoms with Crippen LogP contribution in [-0.4, -0.2) is 48.7 Å². The van der Waals surface area contributed by atoms with Gasteiger partial charge in [-0.15, -0.1) is 0 Å². The molecule has 1 aliphatic rings. The highest BCUT2D eigenvalue weighted by Gasteiger charge is 2.30. The molecule has 6 heteroatoms. The zero-order chi connectivity index (χ0) is 16.0. The molecule has 0 bridgehead atoms. The first-order chi connectivity index (χ1) is 10.5. The minimum Gasteiger partial charge on any atom is -0.478 e. The Morgan fingerprint density at radius 1 is 1.36 bits per heavy atom. The van der Waals surface area contributed by atoms with Crippen LogP contribution in [-0.2, 0) is 9.53 Å². The number of cyclic esters (lactones) is 1. The van der Waals surface area contributed by atoms with Crippen molar-refractivity contribution in [3.63, 3.8) is 0 Å². The number of carbonyl (C=O) groups excluding carboxylic acids is 2. The van der Waals surface area contributed by atoms with Crippen LogP contribution in [0.15, 0.2) is 30.3 Å². The summed E-state index contributed by atoms with van der Waals surface area (Å²) in [6, 6.07) is 9.20. The topological polar surface area (TPSA) is 67.9 Å². The largest absolute Gasteiger partial charge is 0.478 e. The first-order valence-corrected chi connectivity index (χ1v) is 7.43. The lowest BCUT2D eigenvalue weighted by Crippen LogP contribution is -2.49. The molecule has 1 N–H and O–H groups in total. The molecule has 2 rings (SSSR count). The molecule has 0 unspecified atom stereocenters. The maximum Gasteiger partial charge on any atom is 0.409 e. The zero-order valence-corrected chi connectivity index (χ0v) is 13.0. The van der Waals surface area contributed by atoms with Crippen LogP contribution in [0.25, 0.3) is 0 Å².